The molecular weight excluding hydrogens is 248 g/mol. The lowest BCUT2D eigenvalue weighted by Crippen LogP contribution is -1.95. The highest BCUT2D eigenvalue weighted by molar-refractivity contribution is 6.32. The number of hydrogen-bond donors (Lipinski definition) is 0. The van der Waals surface area contributed by atoms with Crippen molar-refractivity contribution >= 4 is 11.6 Å². The van der Waals surface area contributed by atoms with Gasteiger partial charge in [0, 0.05) is 18.2 Å². The molecule has 0 unspecified atom stereocenters. The quantitative estimate of drug-likeness (QED) is 0.833. The Bertz CT molecular complexity index is 582. The lowest BCUT2D eigenvalue weighted by Gasteiger charge is -2.07. The fourth-order valence-electron chi connectivity index (χ4n) is 1.75. The Morgan fingerprint density at radius 2 is 2.11 bits per heavy atom. The first-order valence-electron chi connectivity index (χ1n) is 5.99. The number of aromatic nitrogens is 2. The van der Waals surface area contributed by atoms with E-state index in [1.807, 2.05) is 25.1 Å². The van der Waals surface area contributed by atoms with E-state index < -0.39 is 0 Å². The van der Waals surface area contributed by atoms with E-state index in [4.69, 9.17) is 16.3 Å². The van der Waals surface area contributed by atoms with Crippen molar-refractivity contribution in [1.29, 1.82) is 0 Å². The van der Waals surface area contributed by atoms with Gasteiger partial charge in [-0.15, -0.1) is 0 Å². The van der Waals surface area contributed by atoms with Gasteiger partial charge in [-0.1, -0.05) is 17.7 Å². The van der Waals surface area contributed by atoms with Crippen molar-refractivity contribution in [3.8, 4) is 11.6 Å². The third-order valence-electron chi connectivity index (χ3n) is 2.89. The molecular formula is C14H13ClN2O. The highest BCUT2D eigenvalue weighted by Crippen LogP contribution is 2.38. The minimum Gasteiger partial charge on any atom is -0.437 e. The van der Waals surface area contributed by atoms with Gasteiger partial charge in [0.1, 0.15) is 11.6 Å². The second-order valence-electron chi connectivity index (χ2n) is 4.56. The molecule has 3 nitrogen and oxygen atoms in total. The smallest absolute Gasteiger partial charge is 0.222 e. The van der Waals surface area contributed by atoms with Crippen LogP contribution in [0.5, 0.6) is 11.6 Å². The fourth-order valence-corrected chi connectivity index (χ4v) is 2.03. The van der Waals surface area contributed by atoms with E-state index >= 15 is 0 Å². The van der Waals surface area contributed by atoms with Gasteiger partial charge >= 0.3 is 0 Å². The molecule has 1 fully saturated rings. The molecule has 0 bridgehead atoms. The number of rotatable bonds is 3. The molecule has 1 aliphatic rings. The van der Waals surface area contributed by atoms with Crippen molar-refractivity contribution in [1.82, 2.24) is 9.97 Å². The van der Waals surface area contributed by atoms with Crippen LogP contribution in [0.15, 0.2) is 30.5 Å². The third-order valence-corrected chi connectivity index (χ3v) is 3.19. The van der Waals surface area contributed by atoms with Crippen molar-refractivity contribution < 1.29 is 4.74 Å². The lowest BCUT2D eigenvalue weighted by molar-refractivity contribution is 0.458. The van der Waals surface area contributed by atoms with Crippen LogP contribution in [0.1, 0.15) is 30.1 Å². The summed E-state index contributed by atoms with van der Waals surface area (Å²) in [7, 11) is 0. The molecule has 18 heavy (non-hydrogen) atoms. The van der Waals surface area contributed by atoms with E-state index in [0.29, 0.717) is 22.6 Å². The predicted octanol–water partition coefficient (Wildman–Crippen LogP) is 4.11. The first-order chi connectivity index (χ1) is 8.72. The van der Waals surface area contributed by atoms with Gasteiger partial charge in [-0.05, 0) is 37.5 Å². The molecule has 1 aliphatic carbocycles. The zero-order chi connectivity index (χ0) is 12.5. The molecule has 92 valence electrons. The highest BCUT2D eigenvalue weighted by atomic mass is 35.5. The number of aryl methyl sites for hydroxylation is 1. The van der Waals surface area contributed by atoms with E-state index in [2.05, 4.69) is 9.97 Å². The van der Waals surface area contributed by atoms with Crippen molar-refractivity contribution in [3.05, 3.63) is 46.9 Å². The van der Waals surface area contributed by atoms with Gasteiger partial charge in [-0.25, -0.2) is 4.98 Å². The van der Waals surface area contributed by atoms with Crippen molar-refractivity contribution in [2.24, 2.45) is 0 Å². The Labute approximate surface area is 111 Å². The standard InChI is InChI=1S/C14H13ClN2O/c1-9-2-5-12(11(15)8-9)18-13-6-7-16-14(17-13)10-3-4-10/h2,5-8,10H,3-4H2,1H3. The summed E-state index contributed by atoms with van der Waals surface area (Å²) in [5.41, 5.74) is 1.11. The molecule has 3 rings (SSSR count). The maximum Gasteiger partial charge on any atom is 0.222 e. The molecule has 1 aromatic carbocycles. The van der Waals surface area contributed by atoms with Crippen molar-refractivity contribution in [3.63, 3.8) is 0 Å². The normalized spacial score (nSPS) is 14.6. The molecule has 0 radical (unpaired) electrons. The summed E-state index contributed by atoms with van der Waals surface area (Å²) >= 11 is 6.13. The fraction of sp³-hybridized carbons (Fsp3) is 0.286. The second-order valence-corrected chi connectivity index (χ2v) is 4.97. The highest BCUT2D eigenvalue weighted by Gasteiger charge is 2.26. The van der Waals surface area contributed by atoms with Crippen molar-refractivity contribution in [2.45, 2.75) is 25.7 Å². The molecule has 1 saturated carbocycles. The Hall–Kier alpha value is -1.61. The summed E-state index contributed by atoms with van der Waals surface area (Å²) < 4.78 is 5.70. The maximum absolute atomic E-state index is 6.13. The molecule has 0 aliphatic heterocycles. The lowest BCUT2D eigenvalue weighted by atomic mass is 10.2. The molecule has 2 aromatic rings. The summed E-state index contributed by atoms with van der Waals surface area (Å²) in [6.45, 7) is 1.99. The van der Waals surface area contributed by atoms with Gasteiger partial charge < -0.3 is 4.74 Å². The Morgan fingerprint density at radius 3 is 2.83 bits per heavy atom. The molecule has 0 N–H and O–H groups in total. The summed E-state index contributed by atoms with van der Waals surface area (Å²) in [5.74, 6) is 2.57. The molecule has 0 saturated heterocycles. The number of ether oxygens (including phenoxy) is 1. The second kappa shape index (κ2) is 4.58. The van der Waals surface area contributed by atoms with Crippen LogP contribution in [0, 0.1) is 6.92 Å². The van der Waals surface area contributed by atoms with E-state index in [9.17, 15) is 0 Å². The first kappa shape index (κ1) is 11.5. The molecule has 0 atom stereocenters. The van der Waals surface area contributed by atoms with Gasteiger partial charge in [-0.2, -0.15) is 4.98 Å². The predicted molar refractivity (Wildman–Crippen MR) is 70.3 cm³/mol. The number of halogens is 1. The van der Waals surface area contributed by atoms with Gasteiger partial charge in [0.25, 0.3) is 0 Å². The number of hydrogen-bond acceptors (Lipinski definition) is 3. The van der Waals surface area contributed by atoms with Crippen LogP contribution < -0.4 is 4.74 Å². The van der Waals surface area contributed by atoms with Crippen LogP contribution in [0.3, 0.4) is 0 Å². The largest absolute Gasteiger partial charge is 0.437 e. The zero-order valence-electron chi connectivity index (χ0n) is 10.1. The Balaban J connectivity index is 1.84. The SMILES string of the molecule is Cc1ccc(Oc2ccnc(C3CC3)n2)c(Cl)c1. The van der Waals surface area contributed by atoms with Crippen LogP contribution in [0.25, 0.3) is 0 Å². The summed E-state index contributed by atoms with van der Waals surface area (Å²) in [5, 5.41) is 0.599. The number of benzene rings is 1. The first-order valence-corrected chi connectivity index (χ1v) is 6.37. The minimum atomic E-state index is 0.516. The van der Waals surface area contributed by atoms with Crippen LogP contribution in [0.2, 0.25) is 5.02 Å². The Kier molecular flexibility index (Phi) is 2.92. The van der Waals surface area contributed by atoms with E-state index in [1.54, 1.807) is 12.3 Å². The summed E-state index contributed by atoms with van der Waals surface area (Å²) in [6.07, 6.45) is 4.08. The van der Waals surface area contributed by atoms with Gasteiger partial charge in [-0.3, -0.25) is 0 Å². The van der Waals surface area contributed by atoms with Crippen LogP contribution in [-0.2, 0) is 0 Å². The minimum absolute atomic E-state index is 0.516. The zero-order valence-corrected chi connectivity index (χ0v) is 10.8. The van der Waals surface area contributed by atoms with Crippen LogP contribution in [-0.4, -0.2) is 9.97 Å². The average Bonchev–Trinajstić information content (AvgIpc) is 3.17. The van der Waals surface area contributed by atoms with Crippen LogP contribution >= 0.6 is 11.6 Å². The third kappa shape index (κ3) is 2.46. The monoisotopic (exact) mass is 260 g/mol. The Morgan fingerprint density at radius 1 is 1.28 bits per heavy atom. The van der Waals surface area contributed by atoms with Gasteiger partial charge in [0.2, 0.25) is 5.88 Å². The molecule has 4 heteroatoms. The topological polar surface area (TPSA) is 35.0 Å². The van der Waals surface area contributed by atoms with E-state index in [1.165, 1.54) is 12.8 Å². The summed E-state index contributed by atoms with van der Waals surface area (Å²) in [6, 6.07) is 7.45. The maximum atomic E-state index is 6.13. The molecule has 1 aromatic heterocycles. The van der Waals surface area contributed by atoms with E-state index in [0.717, 1.165) is 11.4 Å². The molecule has 1 heterocycles. The van der Waals surface area contributed by atoms with E-state index in [-0.39, 0.29) is 0 Å². The molecule has 0 spiro atoms. The average molecular weight is 261 g/mol. The summed E-state index contributed by atoms with van der Waals surface area (Å²) in [4.78, 5) is 8.66. The van der Waals surface area contributed by atoms with Crippen molar-refractivity contribution in [2.75, 3.05) is 0 Å². The van der Waals surface area contributed by atoms with Gasteiger partial charge in [0.05, 0.1) is 5.02 Å². The molecule has 0 amide bonds. The van der Waals surface area contributed by atoms with Crippen LogP contribution in [0.4, 0.5) is 0 Å². The number of nitrogens with zero attached hydrogens (tertiary/aromatic N) is 2. The van der Waals surface area contributed by atoms with Gasteiger partial charge in [0.15, 0.2) is 0 Å².